The first-order valence-electron chi connectivity index (χ1n) is 8.53. The van der Waals surface area contributed by atoms with Gasteiger partial charge in [-0.05, 0) is 47.5 Å². The average Bonchev–Trinajstić information content (AvgIpc) is 2.72. The van der Waals surface area contributed by atoms with Gasteiger partial charge in [-0.15, -0.1) is 0 Å². The van der Waals surface area contributed by atoms with Crippen molar-refractivity contribution >= 4 is 23.9 Å². The Hall–Kier alpha value is -3.72. The summed E-state index contributed by atoms with van der Waals surface area (Å²) in [7, 11) is 0. The number of ether oxygens (including phenoxy) is 1. The molecule has 0 aliphatic carbocycles. The van der Waals surface area contributed by atoms with Crippen molar-refractivity contribution in [2.24, 2.45) is 0 Å². The van der Waals surface area contributed by atoms with Crippen LogP contribution in [0.3, 0.4) is 0 Å². The summed E-state index contributed by atoms with van der Waals surface area (Å²) >= 11 is 0. The Balaban J connectivity index is 1.58. The highest BCUT2D eigenvalue weighted by Crippen LogP contribution is 2.14. The molecular weight excluding hydrogens is 336 g/mol. The van der Waals surface area contributed by atoms with Crippen LogP contribution in [0.5, 0.6) is 5.75 Å². The van der Waals surface area contributed by atoms with Gasteiger partial charge in [0.2, 0.25) is 0 Å². The molecule has 3 heteroatoms. The largest absolute Gasteiger partial charge is 0.423 e. The molecule has 3 aromatic carbocycles. The van der Waals surface area contributed by atoms with Crippen molar-refractivity contribution in [3.63, 3.8) is 0 Å². The van der Waals surface area contributed by atoms with Crippen molar-refractivity contribution in [2.45, 2.75) is 0 Å². The summed E-state index contributed by atoms with van der Waals surface area (Å²) in [5, 5.41) is 0. The van der Waals surface area contributed by atoms with Crippen LogP contribution in [0.25, 0.3) is 12.2 Å². The van der Waals surface area contributed by atoms with Crippen molar-refractivity contribution < 1.29 is 14.3 Å². The molecule has 0 spiro atoms. The zero-order valence-corrected chi connectivity index (χ0v) is 14.6. The van der Waals surface area contributed by atoms with Gasteiger partial charge in [-0.1, -0.05) is 66.7 Å². The van der Waals surface area contributed by atoms with E-state index in [4.69, 9.17) is 4.74 Å². The van der Waals surface area contributed by atoms with Crippen molar-refractivity contribution in [3.05, 3.63) is 114 Å². The molecule has 3 rings (SSSR count). The number of esters is 1. The van der Waals surface area contributed by atoms with E-state index in [2.05, 4.69) is 0 Å². The SMILES string of the molecule is O=C(/C=C\c1ccccc1)Oc1ccc(C(=O)/C=C\c2ccccc2)cc1. The van der Waals surface area contributed by atoms with E-state index in [-0.39, 0.29) is 5.78 Å². The van der Waals surface area contributed by atoms with E-state index < -0.39 is 5.97 Å². The van der Waals surface area contributed by atoms with Gasteiger partial charge in [-0.2, -0.15) is 0 Å². The summed E-state index contributed by atoms with van der Waals surface area (Å²) < 4.78 is 5.25. The number of allylic oxidation sites excluding steroid dienone is 1. The molecule has 3 aromatic rings. The smallest absolute Gasteiger partial charge is 0.336 e. The van der Waals surface area contributed by atoms with Crippen LogP contribution in [0.15, 0.2) is 97.1 Å². The Kier molecular flexibility index (Phi) is 6.10. The molecule has 132 valence electrons. The lowest BCUT2D eigenvalue weighted by Crippen LogP contribution is -2.04. The van der Waals surface area contributed by atoms with Crippen LogP contribution >= 0.6 is 0 Å². The van der Waals surface area contributed by atoms with E-state index in [1.807, 2.05) is 60.7 Å². The highest BCUT2D eigenvalue weighted by atomic mass is 16.5. The summed E-state index contributed by atoms with van der Waals surface area (Å²) in [5.74, 6) is -0.191. The van der Waals surface area contributed by atoms with E-state index in [1.54, 1.807) is 36.4 Å². The van der Waals surface area contributed by atoms with Gasteiger partial charge in [0.15, 0.2) is 5.78 Å². The normalized spacial score (nSPS) is 11.0. The van der Waals surface area contributed by atoms with Crippen molar-refractivity contribution in [1.82, 2.24) is 0 Å². The van der Waals surface area contributed by atoms with Crippen molar-refractivity contribution in [2.75, 3.05) is 0 Å². The minimum atomic E-state index is -0.470. The predicted molar refractivity (Wildman–Crippen MR) is 107 cm³/mol. The van der Waals surface area contributed by atoms with Gasteiger partial charge in [0.05, 0.1) is 0 Å². The average molecular weight is 354 g/mol. The first-order chi connectivity index (χ1) is 13.2. The zero-order chi connectivity index (χ0) is 18.9. The topological polar surface area (TPSA) is 43.4 Å². The van der Waals surface area contributed by atoms with E-state index in [0.29, 0.717) is 11.3 Å². The van der Waals surface area contributed by atoms with Gasteiger partial charge in [-0.3, -0.25) is 4.79 Å². The summed E-state index contributed by atoms with van der Waals surface area (Å²) in [5.41, 5.74) is 2.41. The van der Waals surface area contributed by atoms with Crippen molar-refractivity contribution in [3.8, 4) is 5.75 Å². The predicted octanol–water partition coefficient (Wildman–Crippen LogP) is 5.20. The molecule has 0 saturated carbocycles. The molecule has 0 aliphatic rings. The molecule has 0 bridgehead atoms. The fraction of sp³-hybridized carbons (Fsp3) is 0. The molecule has 0 fully saturated rings. The molecule has 0 saturated heterocycles. The third kappa shape index (κ3) is 5.65. The second-order valence-electron chi connectivity index (χ2n) is 5.80. The van der Waals surface area contributed by atoms with E-state index in [9.17, 15) is 9.59 Å². The first kappa shape index (κ1) is 18.1. The molecule has 0 N–H and O–H groups in total. The molecule has 0 atom stereocenters. The fourth-order valence-corrected chi connectivity index (χ4v) is 2.40. The number of carbonyl (C=O) groups excluding carboxylic acids is 2. The van der Waals surface area contributed by atoms with Crippen LogP contribution in [-0.4, -0.2) is 11.8 Å². The Bertz CT molecular complexity index is 954. The van der Waals surface area contributed by atoms with Crippen LogP contribution in [0.1, 0.15) is 21.5 Å². The lowest BCUT2D eigenvalue weighted by molar-refractivity contribution is -0.128. The van der Waals surface area contributed by atoms with E-state index >= 15 is 0 Å². The lowest BCUT2D eigenvalue weighted by Gasteiger charge is -2.02. The fourth-order valence-electron chi connectivity index (χ4n) is 2.40. The number of benzene rings is 3. The number of carbonyl (C=O) groups is 2. The maximum atomic E-state index is 12.2. The number of rotatable bonds is 6. The maximum Gasteiger partial charge on any atom is 0.336 e. The number of ketones is 1. The van der Waals surface area contributed by atoms with Gasteiger partial charge in [0.1, 0.15) is 5.75 Å². The quantitative estimate of drug-likeness (QED) is 0.264. The minimum absolute atomic E-state index is 0.110. The zero-order valence-electron chi connectivity index (χ0n) is 14.6. The molecule has 0 heterocycles. The van der Waals surface area contributed by atoms with E-state index in [0.717, 1.165) is 11.1 Å². The summed E-state index contributed by atoms with van der Waals surface area (Å²) in [6.07, 6.45) is 6.36. The van der Waals surface area contributed by atoms with Gasteiger partial charge < -0.3 is 4.74 Å². The van der Waals surface area contributed by atoms with Crippen molar-refractivity contribution in [1.29, 1.82) is 0 Å². The van der Waals surface area contributed by atoms with Crippen LogP contribution in [0, 0.1) is 0 Å². The summed E-state index contributed by atoms with van der Waals surface area (Å²) in [4.78, 5) is 24.1. The third-order valence-corrected chi connectivity index (χ3v) is 3.80. The van der Waals surface area contributed by atoms with Crippen LogP contribution < -0.4 is 4.74 Å². The molecule has 0 aliphatic heterocycles. The van der Waals surface area contributed by atoms with Gasteiger partial charge in [0.25, 0.3) is 0 Å². The second-order valence-corrected chi connectivity index (χ2v) is 5.80. The Morgan fingerprint density at radius 1 is 0.630 bits per heavy atom. The maximum absolute atomic E-state index is 12.2. The Morgan fingerprint density at radius 2 is 1.15 bits per heavy atom. The summed E-state index contributed by atoms with van der Waals surface area (Å²) in [6, 6.07) is 25.6. The monoisotopic (exact) mass is 354 g/mol. The number of hydrogen-bond acceptors (Lipinski definition) is 3. The first-order valence-corrected chi connectivity index (χ1v) is 8.53. The Labute approximate surface area is 158 Å². The molecule has 0 unspecified atom stereocenters. The van der Waals surface area contributed by atoms with Crippen LogP contribution in [-0.2, 0) is 4.79 Å². The molecule has 3 nitrogen and oxygen atoms in total. The van der Waals surface area contributed by atoms with Crippen LogP contribution in [0.2, 0.25) is 0 Å². The molecule has 0 radical (unpaired) electrons. The number of hydrogen-bond donors (Lipinski definition) is 0. The lowest BCUT2D eigenvalue weighted by atomic mass is 10.1. The summed E-state index contributed by atoms with van der Waals surface area (Å²) in [6.45, 7) is 0. The van der Waals surface area contributed by atoms with Crippen LogP contribution in [0.4, 0.5) is 0 Å². The van der Waals surface area contributed by atoms with Gasteiger partial charge in [-0.25, -0.2) is 4.79 Å². The molecule has 27 heavy (non-hydrogen) atoms. The minimum Gasteiger partial charge on any atom is -0.423 e. The van der Waals surface area contributed by atoms with E-state index in [1.165, 1.54) is 12.2 Å². The Morgan fingerprint density at radius 3 is 1.70 bits per heavy atom. The third-order valence-electron chi connectivity index (χ3n) is 3.80. The second kappa shape index (κ2) is 9.11. The van der Waals surface area contributed by atoms with Gasteiger partial charge >= 0.3 is 5.97 Å². The molecule has 0 amide bonds. The highest BCUT2D eigenvalue weighted by Gasteiger charge is 2.04. The molecule has 0 aromatic heterocycles. The standard InChI is InChI=1S/C24H18O3/c25-23(17-11-19-7-3-1-4-8-19)21-13-15-22(16-14-21)27-24(26)18-12-20-9-5-2-6-10-20/h1-18H/b17-11-,18-12-. The highest BCUT2D eigenvalue weighted by molar-refractivity contribution is 6.06. The van der Waals surface area contributed by atoms with Gasteiger partial charge in [0, 0.05) is 11.6 Å². The molecular formula is C24H18O3.